The summed E-state index contributed by atoms with van der Waals surface area (Å²) >= 11 is 3.10. The van der Waals surface area contributed by atoms with Crippen molar-refractivity contribution >= 4 is 120 Å². The van der Waals surface area contributed by atoms with E-state index in [2.05, 4.69) is 26.6 Å². The molecule has 2 aromatic carbocycles. The summed E-state index contributed by atoms with van der Waals surface area (Å²) in [5, 5.41) is 83.9. The van der Waals surface area contributed by atoms with E-state index in [1.807, 2.05) is 0 Å². The van der Waals surface area contributed by atoms with Gasteiger partial charge in [0.05, 0.1) is 57.2 Å². The fraction of sp³-hybridized carbons (Fsp3) is 0.477. The molecule has 0 bridgehead atoms. The molecule has 0 radical (unpaired) electrons. The number of anilines is 2. The Morgan fingerprint density at radius 3 is 1.70 bits per heavy atom. The van der Waals surface area contributed by atoms with E-state index in [-0.39, 0.29) is 35.3 Å². The zero-order chi connectivity index (χ0) is 55.1. The average molecular weight is 1140 g/mol. The molecule has 30 heteroatoms. The number of carbonyl (C=O) groups is 10. The molecule has 1 saturated carbocycles. The monoisotopic (exact) mass is 1140 g/mol. The van der Waals surface area contributed by atoms with Crippen molar-refractivity contribution in [1.29, 1.82) is 0 Å². The first kappa shape index (κ1) is 61.8. The van der Waals surface area contributed by atoms with Gasteiger partial charge in [-0.25, -0.2) is 0 Å². The summed E-state index contributed by atoms with van der Waals surface area (Å²) in [4.78, 5) is 125. The number of amides is 3. The van der Waals surface area contributed by atoms with Gasteiger partial charge in [0.1, 0.15) is 0 Å². The van der Waals surface area contributed by atoms with E-state index in [1.165, 1.54) is 46.2 Å². The Morgan fingerprint density at radius 1 is 0.676 bits per heavy atom. The van der Waals surface area contributed by atoms with Crippen molar-refractivity contribution in [2.45, 2.75) is 75.2 Å². The zero-order valence-corrected chi connectivity index (χ0v) is 43.0. The summed E-state index contributed by atoms with van der Waals surface area (Å²) in [5.41, 5.74) is 1.13. The second-order valence-corrected chi connectivity index (χ2v) is 20.5. The maximum atomic E-state index is 13.0. The first-order chi connectivity index (χ1) is 34.9. The third-order valence-corrected chi connectivity index (χ3v) is 14.0. The van der Waals surface area contributed by atoms with Gasteiger partial charge in [-0.15, -0.1) is 0 Å². The molecule has 5 atom stereocenters. The van der Waals surface area contributed by atoms with Gasteiger partial charge < -0.3 is 56.0 Å². The number of rotatable bonds is 33. The number of carboxylic acids is 7. The topological polar surface area (TPSA) is 428 Å². The van der Waals surface area contributed by atoms with E-state index in [1.54, 1.807) is 12.1 Å². The molecule has 3 amide bonds. The second kappa shape index (κ2) is 31.3. The number of thiocarbonyl (C=S) groups is 1. The van der Waals surface area contributed by atoms with Crippen LogP contribution < -0.4 is 41.1 Å². The standard InChI is InChI=1S/C44H59AsN8O19S2/c54-34(49-31(42(68)46-16-36(56)57)23-74-24-35(55)47-27-11-7-26(8-12-27)45(71)72)14-13-30(43(69)70)50-44(73)48-28-9-5-25(6-10-28)15-29(51(18-37(58)59)19-38(60)61)17-52(20-39(62)63)32-3-1-2-4-33(32)53(21-40(64)65)22-41(66)67/h5-12,29-33,71-72H,1-4,13-24H2,(H,46,68)(H,47,55)(H,49,54)(H,56,57)(H,58,59)(H,60,61)(H,62,63)(H,64,65)(H,66,67)(H,69,70)(H2,48,50,73)/p-2/t29-,30+,31+,32+,33+/m1/s1. The van der Waals surface area contributed by atoms with Crippen LogP contribution in [0.25, 0.3) is 0 Å². The minimum atomic E-state index is -3.11. The summed E-state index contributed by atoms with van der Waals surface area (Å²) in [7, 11) is 0. The Bertz CT molecular complexity index is 2280. The van der Waals surface area contributed by atoms with E-state index in [4.69, 9.17) is 12.2 Å². The number of aliphatic carboxylic acids is 7. The fourth-order valence-electron chi connectivity index (χ4n) is 8.04. The first-order valence-corrected chi connectivity index (χ1v) is 26.7. The van der Waals surface area contributed by atoms with Gasteiger partial charge >= 0.3 is 160 Å². The van der Waals surface area contributed by atoms with Crippen LogP contribution in [0, 0.1) is 0 Å². The van der Waals surface area contributed by atoms with Gasteiger partial charge in [-0.3, -0.25) is 43.5 Å². The second-order valence-electron chi connectivity index (χ2n) is 16.8. The average Bonchev–Trinajstić information content (AvgIpc) is 3.30. The summed E-state index contributed by atoms with van der Waals surface area (Å²) in [6.07, 6.45) is 0.810. The summed E-state index contributed by atoms with van der Waals surface area (Å²) in [5.74, 6) is -12.7. The first-order valence-electron chi connectivity index (χ1n) is 22.5. The molecule has 0 aromatic heterocycles. The van der Waals surface area contributed by atoms with Crippen molar-refractivity contribution in [2.24, 2.45) is 0 Å². The Labute approximate surface area is 437 Å². The van der Waals surface area contributed by atoms with Gasteiger partial charge in [-0.2, -0.15) is 0 Å². The summed E-state index contributed by atoms with van der Waals surface area (Å²) in [6.45, 7) is -4.60. The number of thioether (sulfide) groups is 1. The van der Waals surface area contributed by atoms with Crippen LogP contribution in [-0.2, 0) is 54.4 Å². The molecule has 406 valence electrons. The van der Waals surface area contributed by atoms with Gasteiger partial charge in [0, 0.05) is 36.8 Å². The van der Waals surface area contributed by atoms with E-state index in [0.717, 1.165) is 16.7 Å². The van der Waals surface area contributed by atoms with E-state index in [9.17, 15) is 91.9 Å². The number of carboxylic acid groups (broad SMARTS) is 7. The van der Waals surface area contributed by atoms with Crippen LogP contribution >= 0.6 is 24.0 Å². The minimum Gasteiger partial charge on any atom is -0.548 e. The SMILES string of the molecule is O=C([O-])CNC(=O)[C@H](CSCC(=O)Nc1ccc([As](O)O)cc1)NC(=O)CC[C@H](NC(=S)Nc1ccc(C[C@H](CN(CC(=O)O)[C@H]2CCCC[C@@H]2N(CC(=O)O)CC(=O)O)N(CC(=O)O)CC(=O)O)cc1)C(=O)[O-]. The molecular formula is C44H57AsN8O19S2-2. The van der Waals surface area contributed by atoms with Gasteiger partial charge in [-0.05, 0) is 55.6 Å². The predicted octanol–water partition coefficient (Wildman–Crippen LogP) is -5.17. The van der Waals surface area contributed by atoms with Crippen LogP contribution in [0.15, 0.2) is 48.5 Å². The Kier molecular flexibility index (Phi) is 26.2. The molecule has 1 fully saturated rings. The number of nitrogens with one attached hydrogen (secondary N) is 5. The van der Waals surface area contributed by atoms with Crippen LogP contribution in [0.5, 0.6) is 0 Å². The molecule has 74 heavy (non-hydrogen) atoms. The molecule has 2 aromatic rings. The van der Waals surface area contributed by atoms with Crippen LogP contribution in [0.3, 0.4) is 0 Å². The molecule has 3 rings (SSSR count). The summed E-state index contributed by atoms with van der Waals surface area (Å²) < 4.78 is 19.1. The van der Waals surface area contributed by atoms with Crippen LogP contribution in [0.4, 0.5) is 11.4 Å². The van der Waals surface area contributed by atoms with Gasteiger partial charge in [0.2, 0.25) is 0 Å². The van der Waals surface area contributed by atoms with Crippen molar-refractivity contribution in [3.63, 3.8) is 0 Å². The molecule has 0 saturated heterocycles. The number of carbonyl (C=O) groups excluding carboxylic acids is 5. The molecule has 27 nitrogen and oxygen atoms in total. The quantitative estimate of drug-likeness (QED) is 0.0235. The van der Waals surface area contributed by atoms with Crippen molar-refractivity contribution < 1.29 is 91.9 Å². The van der Waals surface area contributed by atoms with Gasteiger partial charge in [0.15, 0.2) is 5.11 Å². The normalized spacial score (nSPS) is 15.6. The Hall–Kier alpha value is -6.46. The molecule has 1 aliphatic rings. The molecule has 0 unspecified atom stereocenters. The van der Waals surface area contributed by atoms with Gasteiger partial charge in [0.25, 0.3) is 0 Å². The third kappa shape index (κ3) is 23.2. The number of nitrogens with zero attached hydrogens (tertiary/aromatic N) is 3. The molecular weight excluding hydrogens is 1080 g/mol. The number of hydrogen-bond donors (Lipinski definition) is 12. The fourth-order valence-corrected chi connectivity index (χ4v) is 10.0. The minimum absolute atomic E-state index is 0.0528. The van der Waals surface area contributed by atoms with E-state index >= 15 is 0 Å². The Morgan fingerprint density at radius 2 is 1.19 bits per heavy atom. The predicted molar refractivity (Wildman–Crippen MR) is 262 cm³/mol. The molecule has 0 aliphatic heterocycles. The Balaban J connectivity index is 1.71. The van der Waals surface area contributed by atoms with Crippen LogP contribution in [0.1, 0.15) is 44.1 Å². The number of benzene rings is 2. The zero-order valence-electron chi connectivity index (χ0n) is 39.5. The molecule has 12 N–H and O–H groups in total. The molecule has 0 spiro atoms. The van der Waals surface area contributed by atoms with Crippen molar-refractivity contribution in [3.8, 4) is 0 Å². The van der Waals surface area contributed by atoms with E-state index < -0.39 is 157 Å². The van der Waals surface area contributed by atoms with Crippen molar-refractivity contribution in [1.82, 2.24) is 30.7 Å². The number of hydrogen-bond acceptors (Lipinski definition) is 19. The van der Waals surface area contributed by atoms with Gasteiger partial charge in [-0.1, -0.05) is 25.0 Å². The van der Waals surface area contributed by atoms with Crippen LogP contribution in [-0.4, -0.2) is 216 Å². The molecule has 0 heterocycles. The summed E-state index contributed by atoms with van der Waals surface area (Å²) in [6, 6.07) is 6.49. The van der Waals surface area contributed by atoms with Crippen LogP contribution in [0.2, 0.25) is 0 Å². The molecule has 1 aliphatic carbocycles. The van der Waals surface area contributed by atoms with Crippen molar-refractivity contribution in [3.05, 3.63) is 54.1 Å². The maximum absolute atomic E-state index is 13.0. The van der Waals surface area contributed by atoms with Crippen molar-refractivity contribution in [2.75, 3.05) is 68.0 Å². The van der Waals surface area contributed by atoms with E-state index in [0.29, 0.717) is 41.3 Å². The smallest absolute Gasteiger partial charge is 0.548 e. The third-order valence-electron chi connectivity index (χ3n) is 11.2.